The van der Waals surface area contributed by atoms with Crippen LogP contribution in [0.5, 0.6) is 0 Å². The number of benzene rings is 1. The second-order valence-electron chi connectivity index (χ2n) is 9.04. The van der Waals surface area contributed by atoms with Crippen LogP contribution in [0.25, 0.3) is 0 Å². The SMILES string of the molecule is Cc1cccc(C23CCC(CCOCC(=O)OC(C)(C)C)(CC2)CO3)c1. The fourth-order valence-corrected chi connectivity index (χ4v) is 4.20. The van der Waals surface area contributed by atoms with Crippen LogP contribution < -0.4 is 0 Å². The van der Waals surface area contributed by atoms with Crippen molar-refractivity contribution < 1.29 is 19.0 Å². The highest BCUT2D eigenvalue weighted by molar-refractivity contribution is 5.71. The van der Waals surface area contributed by atoms with Crippen LogP contribution in [0.4, 0.5) is 0 Å². The Labute approximate surface area is 157 Å². The van der Waals surface area contributed by atoms with E-state index in [0.717, 1.165) is 38.7 Å². The van der Waals surface area contributed by atoms with Crippen LogP contribution in [0, 0.1) is 12.3 Å². The summed E-state index contributed by atoms with van der Waals surface area (Å²) < 4.78 is 17.3. The van der Waals surface area contributed by atoms with Gasteiger partial charge in [0.1, 0.15) is 12.2 Å². The summed E-state index contributed by atoms with van der Waals surface area (Å²) >= 11 is 0. The zero-order chi connectivity index (χ0) is 18.8. The fourth-order valence-electron chi connectivity index (χ4n) is 4.20. The molecule has 26 heavy (non-hydrogen) atoms. The Hall–Kier alpha value is -1.39. The largest absolute Gasteiger partial charge is 0.458 e. The van der Waals surface area contributed by atoms with Gasteiger partial charge in [-0.25, -0.2) is 4.79 Å². The average molecular weight is 360 g/mol. The molecule has 4 nitrogen and oxygen atoms in total. The number of esters is 1. The number of carbonyl (C=O) groups excluding carboxylic acids is 1. The van der Waals surface area contributed by atoms with Crippen molar-refractivity contribution in [3.63, 3.8) is 0 Å². The molecule has 0 unspecified atom stereocenters. The molecule has 3 fully saturated rings. The highest BCUT2D eigenvalue weighted by atomic mass is 16.6. The van der Waals surface area contributed by atoms with Gasteiger partial charge in [-0.2, -0.15) is 0 Å². The Morgan fingerprint density at radius 2 is 1.92 bits per heavy atom. The molecule has 2 saturated heterocycles. The Balaban J connectivity index is 1.47. The van der Waals surface area contributed by atoms with Crippen molar-refractivity contribution in [2.75, 3.05) is 19.8 Å². The Morgan fingerprint density at radius 1 is 1.19 bits per heavy atom. The maximum atomic E-state index is 11.7. The monoisotopic (exact) mass is 360 g/mol. The van der Waals surface area contributed by atoms with Gasteiger partial charge in [0.15, 0.2) is 0 Å². The van der Waals surface area contributed by atoms with E-state index in [2.05, 4.69) is 31.2 Å². The maximum Gasteiger partial charge on any atom is 0.332 e. The molecule has 0 radical (unpaired) electrons. The van der Waals surface area contributed by atoms with Crippen molar-refractivity contribution in [3.8, 4) is 0 Å². The van der Waals surface area contributed by atoms with Crippen LogP contribution in [-0.2, 0) is 24.6 Å². The smallest absolute Gasteiger partial charge is 0.332 e. The first-order chi connectivity index (χ1) is 12.2. The van der Waals surface area contributed by atoms with Crippen LogP contribution in [0.3, 0.4) is 0 Å². The topological polar surface area (TPSA) is 44.8 Å². The standard InChI is InChI=1S/C22H32O4/c1-17-6-5-7-18(14-17)22-10-8-21(9-11-22,16-25-22)12-13-24-15-19(23)26-20(2,3)4/h5-7,14H,8-13,15-16H2,1-4H3. The second kappa shape index (κ2) is 7.32. The van der Waals surface area contributed by atoms with Crippen molar-refractivity contribution in [3.05, 3.63) is 35.4 Å². The first-order valence-electron chi connectivity index (χ1n) is 9.73. The number of hydrogen-bond acceptors (Lipinski definition) is 4. The molecule has 1 aromatic rings. The molecule has 3 aliphatic rings. The van der Waals surface area contributed by atoms with Gasteiger partial charge in [0, 0.05) is 6.61 Å². The molecule has 0 spiro atoms. The molecule has 1 aromatic carbocycles. The van der Waals surface area contributed by atoms with Crippen LogP contribution in [0.15, 0.2) is 24.3 Å². The predicted octanol–water partition coefficient (Wildman–Crippen LogP) is 4.53. The van der Waals surface area contributed by atoms with Gasteiger partial charge in [-0.15, -0.1) is 0 Å². The van der Waals surface area contributed by atoms with Gasteiger partial charge in [-0.3, -0.25) is 0 Å². The van der Waals surface area contributed by atoms with Crippen molar-refractivity contribution in [1.29, 1.82) is 0 Å². The lowest BCUT2D eigenvalue weighted by Gasteiger charge is -2.53. The van der Waals surface area contributed by atoms with E-state index < -0.39 is 5.60 Å². The van der Waals surface area contributed by atoms with E-state index in [9.17, 15) is 4.79 Å². The van der Waals surface area contributed by atoms with Crippen LogP contribution in [0.1, 0.15) is 64.0 Å². The Morgan fingerprint density at radius 3 is 2.50 bits per heavy atom. The molecule has 2 bridgehead atoms. The molecule has 0 aromatic heterocycles. The van der Waals surface area contributed by atoms with E-state index in [1.807, 2.05) is 20.8 Å². The fraction of sp³-hybridized carbons (Fsp3) is 0.682. The quantitative estimate of drug-likeness (QED) is 0.552. The average Bonchev–Trinajstić information content (AvgIpc) is 2.59. The van der Waals surface area contributed by atoms with Gasteiger partial charge in [0.2, 0.25) is 0 Å². The Bertz CT molecular complexity index is 619. The van der Waals surface area contributed by atoms with Gasteiger partial charge in [0.25, 0.3) is 0 Å². The number of fused-ring (bicyclic) bond motifs is 3. The molecule has 0 atom stereocenters. The number of rotatable bonds is 6. The summed E-state index contributed by atoms with van der Waals surface area (Å²) in [7, 11) is 0. The van der Waals surface area contributed by atoms with E-state index in [1.165, 1.54) is 11.1 Å². The van der Waals surface area contributed by atoms with E-state index in [1.54, 1.807) is 0 Å². The third-order valence-electron chi connectivity index (χ3n) is 5.73. The van der Waals surface area contributed by atoms with Crippen LogP contribution >= 0.6 is 0 Å². The number of aryl methyl sites for hydroxylation is 1. The lowest BCUT2D eigenvalue weighted by atomic mass is 9.63. The van der Waals surface area contributed by atoms with Gasteiger partial charge in [-0.05, 0) is 70.8 Å². The first-order valence-corrected chi connectivity index (χ1v) is 9.73. The minimum atomic E-state index is -0.459. The van der Waals surface area contributed by atoms with Gasteiger partial charge in [0.05, 0.1) is 12.2 Å². The predicted molar refractivity (Wildman–Crippen MR) is 101 cm³/mol. The summed E-state index contributed by atoms with van der Waals surface area (Å²) in [6, 6.07) is 8.74. The van der Waals surface area contributed by atoms with Crippen LogP contribution in [-0.4, -0.2) is 31.4 Å². The van der Waals surface area contributed by atoms with Gasteiger partial charge >= 0.3 is 5.97 Å². The van der Waals surface area contributed by atoms with Gasteiger partial charge in [-0.1, -0.05) is 29.8 Å². The van der Waals surface area contributed by atoms with Crippen molar-refractivity contribution >= 4 is 5.97 Å². The molecular weight excluding hydrogens is 328 g/mol. The molecule has 2 heterocycles. The number of hydrogen-bond donors (Lipinski definition) is 0. The summed E-state index contributed by atoms with van der Waals surface area (Å²) in [5.74, 6) is -0.294. The third kappa shape index (κ3) is 4.47. The Kier molecular flexibility index (Phi) is 5.45. The van der Waals surface area contributed by atoms with Gasteiger partial charge < -0.3 is 14.2 Å². The molecule has 2 aliphatic heterocycles. The summed E-state index contributed by atoms with van der Waals surface area (Å²) in [5.41, 5.74) is 2.27. The second-order valence-corrected chi connectivity index (χ2v) is 9.04. The number of ether oxygens (including phenoxy) is 3. The molecule has 4 heteroatoms. The molecule has 0 amide bonds. The summed E-state index contributed by atoms with van der Waals surface area (Å²) in [6.07, 6.45) is 5.41. The van der Waals surface area contributed by atoms with Crippen molar-refractivity contribution in [1.82, 2.24) is 0 Å². The lowest BCUT2D eigenvalue weighted by Crippen LogP contribution is -2.49. The molecule has 4 rings (SSSR count). The molecule has 1 saturated carbocycles. The van der Waals surface area contributed by atoms with E-state index >= 15 is 0 Å². The van der Waals surface area contributed by atoms with Crippen molar-refractivity contribution in [2.45, 2.75) is 71.0 Å². The first kappa shape index (κ1) is 19.4. The van der Waals surface area contributed by atoms with Crippen molar-refractivity contribution in [2.24, 2.45) is 5.41 Å². The lowest BCUT2D eigenvalue weighted by molar-refractivity contribution is -0.195. The highest BCUT2D eigenvalue weighted by Gasteiger charge is 2.50. The highest BCUT2D eigenvalue weighted by Crippen LogP contribution is 2.54. The molecule has 144 valence electrons. The molecular formula is C22H32O4. The summed E-state index contributed by atoms with van der Waals surface area (Å²) in [4.78, 5) is 11.7. The maximum absolute atomic E-state index is 11.7. The third-order valence-corrected chi connectivity index (χ3v) is 5.73. The number of carbonyl (C=O) groups is 1. The zero-order valence-corrected chi connectivity index (χ0v) is 16.6. The summed E-state index contributed by atoms with van der Waals surface area (Å²) in [6.45, 7) is 9.14. The summed E-state index contributed by atoms with van der Waals surface area (Å²) in [5, 5.41) is 0. The van der Waals surface area contributed by atoms with Crippen LogP contribution in [0.2, 0.25) is 0 Å². The minimum absolute atomic E-state index is 0.0292. The van der Waals surface area contributed by atoms with E-state index in [-0.39, 0.29) is 23.6 Å². The zero-order valence-electron chi connectivity index (χ0n) is 16.6. The van der Waals surface area contributed by atoms with E-state index in [4.69, 9.17) is 14.2 Å². The van der Waals surface area contributed by atoms with E-state index in [0.29, 0.717) is 6.61 Å². The minimum Gasteiger partial charge on any atom is -0.458 e. The normalized spacial score (nSPS) is 28.2. The molecule has 1 aliphatic carbocycles. The molecule has 0 N–H and O–H groups in total.